The van der Waals surface area contributed by atoms with Gasteiger partial charge in [0.2, 0.25) is 11.8 Å². The van der Waals surface area contributed by atoms with E-state index in [4.69, 9.17) is 9.84 Å². The quantitative estimate of drug-likeness (QED) is 0.771. The van der Waals surface area contributed by atoms with E-state index < -0.39 is 17.9 Å². The van der Waals surface area contributed by atoms with Gasteiger partial charge >= 0.3 is 5.97 Å². The second kappa shape index (κ2) is 4.97. The minimum absolute atomic E-state index is 0.0460. The minimum atomic E-state index is -1.11. The fraction of sp³-hybridized carbons (Fsp3) is 0.250. The standard InChI is InChI=1S/C6H8N2O4.C6H4O/c1-3(9)7-8-4(6(11)12)2-5(8)10;1-2-5-4-6(3-1)7-5/h4H,2H2,1H3,(H,7,9)(H,11,12);1-4H. The highest BCUT2D eigenvalue weighted by Gasteiger charge is 2.42. The number of β-lactam (4-membered cyclic amide) rings is 1. The van der Waals surface area contributed by atoms with Gasteiger partial charge in [0.15, 0.2) is 6.04 Å². The summed E-state index contributed by atoms with van der Waals surface area (Å²) < 4.78 is 5.01. The molecule has 1 aromatic rings. The number of hydrazine groups is 1. The van der Waals surface area contributed by atoms with Gasteiger partial charge in [0.05, 0.1) is 6.42 Å². The number of carbonyl (C=O) groups excluding carboxylic acids is 2. The predicted molar refractivity (Wildman–Crippen MR) is 63.2 cm³/mol. The first-order chi connectivity index (χ1) is 8.97. The lowest BCUT2D eigenvalue weighted by Crippen LogP contribution is -2.63. The second-order valence-electron chi connectivity index (χ2n) is 4.07. The van der Waals surface area contributed by atoms with Crippen LogP contribution >= 0.6 is 0 Å². The SMILES string of the molecule is CC(=O)NN1C(=O)CC1C(=O)O.c1cc2cc(c1)O2. The first kappa shape index (κ1) is 12.9. The molecule has 3 aliphatic heterocycles. The summed E-state index contributed by atoms with van der Waals surface area (Å²) in [5.41, 5.74) is 2.12. The number of ether oxygens (including phenoxy) is 1. The van der Waals surface area contributed by atoms with Gasteiger partial charge in [-0.2, -0.15) is 0 Å². The average Bonchev–Trinajstić information content (AvgIpc) is 2.33. The molecule has 3 heterocycles. The normalized spacial score (nSPS) is 18.1. The van der Waals surface area contributed by atoms with Crippen molar-refractivity contribution >= 4 is 17.8 Å². The first-order valence-electron chi connectivity index (χ1n) is 5.57. The number of hydrogen-bond acceptors (Lipinski definition) is 4. The molecule has 1 atom stereocenters. The minimum Gasteiger partial charge on any atom is -0.480 e. The Kier molecular flexibility index (Phi) is 3.37. The van der Waals surface area contributed by atoms with Gasteiger partial charge in [0, 0.05) is 13.0 Å². The molecule has 2 bridgehead atoms. The molecule has 0 saturated carbocycles. The van der Waals surface area contributed by atoms with Crippen LogP contribution in [0.15, 0.2) is 24.3 Å². The lowest BCUT2D eigenvalue weighted by atomic mass is 10.1. The highest BCUT2D eigenvalue weighted by molar-refractivity contribution is 5.95. The zero-order chi connectivity index (χ0) is 14.0. The zero-order valence-corrected chi connectivity index (χ0v) is 10.1. The van der Waals surface area contributed by atoms with Crippen molar-refractivity contribution in [1.29, 1.82) is 0 Å². The molecule has 1 fully saturated rings. The largest absolute Gasteiger partial charge is 0.480 e. The molecule has 1 unspecified atom stereocenters. The monoisotopic (exact) mass is 264 g/mol. The Balaban J connectivity index is 0.000000159. The molecule has 100 valence electrons. The topological polar surface area (TPSA) is 95.9 Å². The van der Waals surface area contributed by atoms with Crippen LogP contribution in [0.25, 0.3) is 0 Å². The molecule has 4 rings (SSSR count). The van der Waals surface area contributed by atoms with Crippen molar-refractivity contribution in [3.63, 3.8) is 0 Å². The highest BCUT2D eigenvalue weighted by atomic mass is 16.5. The maximum Gasteiger partial charge on any atom is 0.329 e. The molecular weight excluding hydrogens is 252 g/mol. The molecule has 1 saturated heterocycles. The fourth-order valence-corrected chi connectivity index (χ4v) is 1.60. The number of nitrogens with one attached hydrogen (secondary N) is 1. The van der Waals surface area contributed by atoms with Crippen molar-refractivity contribution in [1.82, 2.24) is 10.4 Å². The Labute approximate surface area is 108 Å². The summed E-state index contributed by atoms with van der Waals surface area (Å²) >= 11 is 0. The molecule has 7 nitrogen and oxygen atoms in total. The van der Waals surface area contributed by atoms with Crippen LogP contribution in [0, 0.1) is 0 Å². The molecule has 0 spiro atoms. The molecule has 3 aliphatic rings. The van der Waals surface area contributed by atoms with Crippen LogP contribution in [0.4, 0.5) is 0 Å². The van der Waals surface area contributed by atoms with Gasteiger partial charge in [-0.3, -0.25) is 15.0 Å². The molecule has 19 heavy (non-hydrogen) atoms. The summed E-state index contributed by atoms with van der Waals surface area (Å²) in [7, 11) is 0. The molecule has 0 radical (unpaired) electrons. The van der Waals surface area contributed by atoms with Crippen LogP contribution in [0.1, 0.15) is 13.3 Å². The summed E-state index contributed by atoms with van der Waals surface area (Å²) in [5, 5.41) is 9.31. The molecule has 0 aromatic heterocycles. The third kappa shape index (κ3) is 2.82. The molecule has 7 heteroatoms. The van der Waals surface area contributed by atoms with Gasteiger partial charge in [-0.15, -0.1) is 0 Å². The highest BCUT2D eigenvalue weighted by Crippen LogP contribution is 2.32. The van der Waals surface area contributed by atoms with Gasteiger partial charge in [0.25, 0.3) is 0 Å². The number of nitrogens with zero attached hydrogens (tertiary/aromatic N) is 1. The van der Waals surface area contributed by atoms with E-state index in [-0.39, 0.29) is 12.3 Å². The molecule has 2 N–H and O–H groups in total. The van der Waals surface area contributed by atoms with E-state index in [0.29, 0.717) is 0 Å². The predicted octanol–water partition coefficient (Wildman–Crippen LogP) is 0.515. The number of fused-ring (bicyclic) bond motifs is 2. The van der Waals surface area contributed by atoms with E-state index in [1.165, 1.54) is 6.92 Å². The number of carboxylic acid groups (broad SMARTS) is 1. The van der Waals surface area contributed by atoms with Crippen molar-refractivity contribution in [2.75, 3.05) is 0 Å². The van der Waals surface area contributed by atoms with Gasteiger partial charge < -0.3 is 9.84 Å². The zero-order valence-electron chi connectivity index (χ0n) is 10.1. The Morgan fingerprint density at radius 2 is 2.00 bits per heavy atom. The third-order valence-corrected chi connectivity index (χ3v) is 2.55. The van der Waals surface area contributed by atoms with E-state index in [2.05, 4.69) is 5.43 Å². The number of carbonyl (C=O) groups is 3. The lowest BCUT2D eigenvalue weighted by molar-refractivity contribution is -0.168. The third-order valence-electron chi connectivity index (χ3n) is 2.55. The van der Waals surface area contributed by atoms with E-state index in [1.807, 2.05) is 24.3 Å². The fourth-order valence-electron chi connectivity index (χ4n) is 1.60. The summed E-state index contributed by atoms with van der Waals surface area (Å²) in [4.78, 5) is 31.6. The Bertz CT molecular complexity index is 518. The van der Waals surface area contributed by atoms with Gasteiger partial charge in [-0.1, -0.05) is 6.07 Å². The van der Waals surface area contributed by atoms with Crippen molar-refractivity contribution in [2.45, 2.75) is 19.4 Å². The van der Waals surface area contributed by atoms with Crippen LogP contribution in [0.2, 0.25) is 0 Å². The molecular formula is C12H12N2O5. The number of benzene rings is 1. The molecule has 1 aromatic carbocycles. The Hall–Kier alpha value is -2.57. The van der Waals surface area contributed by atoms with E-state index in [0.717, 1.165) is 16.5 Å². The number of aliphatic carboxylic acids is 1. The van der Waals surface area contributed by atoms with E-state index >= 15 is 0 Å². The van der Waals surface area contributed by atoms with Crippen molar-refractivity contribution in [3.05, 3.63) is 24.3 Å². The van der Waals surface area contributed by atoms with E-state index in [9.17, 15) is 14.4 Å². The number of rotatable bonds is 2. The van der Waals surface area contributed by atoms with Gasteiger partial charge in [-0.05, 0) is 12.1 Å². The van der Waals surface area contributed by atoms with E-state index in [1.54, 1.807) is 0 Å². The van der Waals surface area contributed by atoms with Crippen LogP contribution in [0.5, 0.6) is 11.5 Å². The summed E-state index contributed by atoms with van der Waals surface area (Å²) in [6.45, 7) is 1.21. The number of carboxylic acids is 1. The lowest BCUT2D eigenvalue weighted by Gasteiger charge is -2.36. The Morgan fingerprint density at radius 3 is 2.26 bits per heavy atom. The smallest absolute Gasteiger partial charge is 0.329 e. The van der Waals surface area contributed by atoms with Crippen LogP contribution in [0.3, 0.4) is 0 Å². The average molecular weight is 264 g/mol. The van der Waals surface area contributed by atoms with Crippen LogP contribution in [-0.4, -0.2) is 33.9 Å². The number of hydrogen-bond donors (Lipinski definition) is 2. The molecule has 0 aliphatic carbocycles. The number of amides is 2. The van der Waals surface area contributed by atoms with Crippen LogP contribution < -0.4 is 10.2 Å². The first-order valence-corrected chi connectivity index (χ1v) is 5.57. The summed E-state index contributed by atoms with van der Waals surface area (Å²) in [5.74, 6) is 0.0326. The Morgan fingerprint density at radius 1 is 1.42 bits per heavy atom. The van der Waals surface area contributed by atoms with Crippen molar-refractivity contribution < 1.29 is 24.2 Å². The maximum atomic E-state index is 10.7. The molecule has 2 amide bonds. The van der Waals surface area contributed by atoms with Crippen molar-refractivity contribution in [3.8, 4) is 11.5 Å². The van der Waals surface area contributed by atoms with Gasteiger partial charge in [-0.25, -0.2) is 9.80 Å². The van der Waals surface area contributed by atoms with Gasteiger partial charge in [0.1, 0.15) is 11.5 Å². The van der Waals surface area contributed by atoms with Crippen molar-refractivity contribution in [2.24, 2.45) is 0 Å². The maximum absolute atomic E-state index is 10.7. The summed E-state index contributed by atoms with van der Waals surface area (Å²) in [6, 6.07) is 6.95. The second-order valence-corrected chi connectivity index (χ2v) is 4.07. The summed E-state index contributed by atoms with van der Waals surface area (Å²) in [6.07, 6.45) is -0.0460. The van der Waals surface area contributed by atoms with Crippen LogP contribution in [-0.2, 0) is 14.4 Å².